The second-order valence-electron chi connectivity index (χ2n) is 10.9. The Balaban J connectivity index is 1.29. The number of hydrogen-bond acceptors (Lipinski definition) is 6. The predicted molar refractivity (Wildman–Crippen MR) is 148 cm³/mol. The summed E-state index contributed by atoms with van der Waals surface area (Å²) in [5.74, 6) is -1.19. The largest absolute Gasteiger partial charge is 0.489 e. The Kier molecular flexibility index (Phi) is 8.44. The molecular weight excluding hydrogens is 512 g/mol. The molecule has 0 aliphatic heterocycles. The van der Waals surface area contributed by atoms with Crippen LogP contribution in [0.4, 0.5) is 4.79 Å². The first kappa shape index (κ1) is 28.6. The third-order valence-corrected chi connectivity index (χ3v) is 6.57. The highest BCUT2D eigenvalue weighted by Gasteiger charge is 2.40. The third kappa shape index (κ3) is 6.98. The molecule has 210 valence electrons. The summed E-state index contributed by atoms with van der Waals surface area (Å²) in [6, 6.07) is 21.5. The number of rotatable bonds is 9. The van der Waals surface area contributed by atoms with Gasteiger partial charge in [-0.2, -0.15) is 0 Å². The lowest BCUT2D eigenvalue weighted by atomic mass is 9.86. The van der Waals surface area contributed by atoms with Crippen LogP contribution in [0.15, 0.2) is 78.9 Å². The molecule has 0 bridgehead atoms. The van der Waals surface area contributed by atoms with Crippen molar-refractivity contribution in [1.29, 1.82) is 0 Å². The van der Waals surface area contributed by atoms with E-state index in [0.717, 1.165) is 5.56 Å². The van der Waals surface area contributed by atoms with E-state index < -0.39 is 23.3 Å². The van der Waals surface area contributed by atoms with Crippen molar-refractivity contribution in [3.05, 3.63) is 101 Å². The van der Waals surface area contributed by atoms with Crippen molar-refractivity contribution in [2.24, 2.45) is 0 Å². The van der Waals surface area contributed by atoms with Gasteiger partial charge < -0.3 is 30.3 Å². The quantitative estimate of drug-likeness (QED) is 0.313. The molecule has 0 unspecified atom stereocenters. The average molecular weight is 547 g/mol. The van der Waals surface area contributed by atoms with E-state index in [1.54, 1.807) is 93.6 Å². The summed E-state index contributed by atoms with van der Waals surface area (Å²) < 4.78 is 11.1. The number of carboxylic acids is 1. The van der Waals surface area contributed by atoms with Gasteiger partial charge in [0.1, 0.15) is 18.0 Å². The zero-order chi connectivity index (χ0) is 28.9. The van der Waals surface area contributed by atoms with Crippen molar-refractivity contribution in [3.8, 4) is 5.75 Å². The molecule has 0 aromatic heterocycles. The first-order valence-corrected chi connectivity index (χ1v) is 13.1. The van der Waals surface area contributed by atoms with E-state index >= 15 is 0 Å². The number of carboxylic acid groups (broad SMARTS) is 1. The number of alkyl carbamates (subject to hydrolysis) is 1. The van der Waals surface area contributed by atoms with E-state index in [9.17, 15) is 24.6 Å². The Bertz CT molecular complexity index is 1350. The highest BCUT2D eigenvalue weighted by Crippen LogP contribution is 2.32. The Hall–Kier alpha value is -4.37. The highest BCUT2D eigenvalue weighted by atomic mass is 16.6. The van der Waals surface area contributed by atoms with Crippen molar-refractivity contribution >= 4 is 18.0 Å². The summed E-state index contributed by atoms with van der Waals surface area (Å²) in [6.45, 7) is 5.60. The SMILES string of the molecule is CC(C)(C)OC(=O)N[C@H]1C[C@H](NC(=O)c2ccc(COc3cccc([C@](O)(C(=O)O)c4ccccc4)c3)cc2)C1. The third-order valence-electron chi connectivity index (χ3n) is 6.57. The standard InChI is InChI=1S/C31H34N2O7/c1-30(2,3)40-29(37)33-25-17-24(18-25)32-27(34)21-14-12-20(13-15-21)19-39-26-11-7-10-23(16-26)31(38,28(35)36)22-8-5-4-6-9-22/h4-16,24-25,38H,17-19H2,1-3H3,(H,32,34)(H,33,37)(H,35,36)/t24-,25-,31-/m0/s1. The van der Waals surface area contributed by atoms with Gasteiger partial charge in [-0.15, -0.1) is 0 Å². The molecular formula is C31H34N2O7. The fraction of sp³-hybridized carbons (Fsp3) is 0.323. The molecule has 1 aliphatic carbocycles. The zero-order valence-electron chi connectivity index (χ0n) is 22.7. The van der Waals surface area contributed by atoms with Gasteiger partial charge in [-0.05, 0) is 69.0 Å². The summed E-state index contributed by atoms with van der Waals surface area (Å²) >= 11 is 0. The van der Waals surface area contributed by atoms with Crippen molar-refractivity contribution in [2.75, 3.05) is 0 Å². The van der Waals surface area contributed by atoms with Gasteiger partial charge in [0.05, 0.1) is 0 Å². The van der Waals surface area contributed by atoms with E-state index in [1.807, 2.05) is 0 Å². The molecule has 3 aromatic carbocycles. The molecule has 40 heavy (non-hydrogen) atoms. The van der Waals surface area contributed by atoms with E-state index in [-0.39, 0.29) is 35.7 Å². The maximum atomic E-state index is 12.6. The van der Waals surface area contributed by atoms with Crippen molar-refractivity contribution in [2.45, 2.75) is 63.5 Å². The maximum absolute atomic E-state index is 12.6. The van der Waals surface area contributed by atoms with Crippen LogP contribution >= 0.6 is 0 Å². The molecule has 0 radical (unpaired) electrons. The monoisotopic (exact) mass is 546 g/mol. The Labute approximate surface area is 233 Å². The van der Waals surface area contributed by atoms with Crippen LogP contribution in [0.3, 0.4) is 0 Å². The van der Waals surface area contributed by atoms with E-state index in [1.165, 1.54) is 6.07 Å². The van der Waals surface area contributed by atoms with E-state index in [2.05, 4.69) is 10.6 Å². The van der Waals surface area contributed by atoms with Crippen LogP contribution in [0.2, 0.25) is 0 Å². The van der Waals surface area contributed by atoms with Gasteiger partial charge in [-0.25, -0.2) is 9.59 Å². The molecule has 1 aliphatic rings. The van der Waals surface area contributed by atoms with Crippen molar-refractivity contribution in [3.63, 3.8) is 0 Å². The number of ether oxygens (including phenoxy) is 2. The Morgan fingerprint density at radius 3 is 2.10 bits per heavy atom. The Morgan fingerprint density at radius 2 is 1.48 bits per heavy atom. The summed E-state index contributed by atoms with van der Waals surface area (Å²) in [6.07, 6.45) is 0.815. The molecule has 3 aromatic rings. The second-order valence-corrected chi connectivity index (χ2v) is 10.9. The molecule has 9 heteroatoms. The fourth-order valence-corrected chi connectivity index (χ4v) is 4.42. The van der Waals surface area contributed by atoms with Crippen LogP contribution in [-0.4, -0.2) is 45.9 Å². The number of hydrogen-bond donors (Lipinski definition) is 4. The van der Waals surface area contributed by atoms with Gasteiger partial charge in [0.15, 0.2) is 0 Å². The van der Waals surface area contributed by atoms with Crippen LogP contribution in [0.25, 0.3) is 0 Å². The molecule has 2 amide bonds. The summed E-state index contributed by atoms with van der Waals surface area (Å²) in [7, 11) is 0. The topological polar surface area (TPSA) is 134 Å². The van der Waals surface area contributed by atoms with E-state index in [0.29, 0.717) is 24.2 Å². The lowest BCUT2D eigenvalue weighted by Crippen LogP contribution is -2.54. The molecule has 1 atom stereocenters. The number of nitrogens with one attached hydrogen (secondary N) is 2. The number of carbonyl (C=O) groups is 3. The van der Waals surface area contributed by atoms with Gasteiger partial charge >= 0.3 is 12.1 Å². The molecule has 4 N–H and O–H groups in total. The van der Waals surface area contributed by atoms with Gasteiger partial charge in [0.25, 0.3) is 5.91 Å². The predicted octanol–water partition coefficient (Wildman–Crippen LogP) is 4.37. The van der Waals surface area contributed by atoms with Crippen LogP contribution in [-0.2, 0) is 21.7 Å². The minimum atomic E-state index is -2.22. The van der Waals surface area contributed by atoms with Crippen LogP contribution in [0, 0.1) is 0 Å². The minimum Gasteiger partial charge on any atom is -0.489 e. The van der Waals surface area contributed by atoms with Gasteiger partial charge in [-0.1, -0.05) is 54.6 Å². The van der Waals surface area contributed by atoms with Gasteiger partial charge in [-0.3, -0.25) is 4.79 Å². The molecule has 9 nitrogen and oxygen atoms in total. The summed E-state index contributed by atoms with van der Waals surface area (Å²) in [5.41, 5.74) is -1.05. The van der Waals surface area contributed by atoms with E-state index in [4.69, 9.17) is 9.47 Å². The number of amides is 2. The molecule has 0 spiro atoms. The lowest BCUT2D eigenvalue weighted by Gasteiger charge is -2.36. The highest BCUT2D eigenvalue weighted by molar-refractivity contribution is 5.94. The summed E-state index contributed by atoms with van der Waals surface area (Å²) in [4.78, 5) is 36.5. The van der Waals surface area contributed by atoms with Crippen LogP contribution in [0.1, 0.15) is 60.7 Å². The first-order valence-electron chi connectivity index (χ1n) is 13.1. The summed E-state index contributed by atoms with van der Waals surface area (Å²) in [5, 5.41) is 26.7. The first-order chi connectivity index (χ1) is 18.9. The van der Waals surface area contributed by atoms with Crippen LogP contribution in [0.5, 0.6) is 5.75 Å². The average Bonchev–Trinajstić information content (AvgIpc) is 2.90. The number of aliphatic carboxylic acids is 1. The number of carbonyl (C=O) groups excluding carboxylic acids is 2. The molecule has 1 fully saturated rings. The van der Waals surface area contributed by atoms with Crippen molar-refractivity contribution in [1.82, 2.24) is 10.6 Å². The molecule has 4 rings (SSSR count). The number of benzene rings is 3. The second kappa shape index (κ2) is 11.8. The normalized spacial score (nSPS) is 18.0. The Morgan fingerprint density at radius 1 is 0.850 bits per heavy atom. The smallest absolute Gasteiger partial charge is 0.407 e. The minimum absolute atomic E-state index is 0.0249. The lowest BCUT2D eigenvalue weighted by molar-refractivity contribution is -0.155. The van der Waals surface area contributed by atoms with Crippen molar-refractivity contribution < 1.29 is 34.1 Å². The number of aliphatic hydroxyl groups is 1. The maximum Gasteiger partial charge on any atom is 0.407 e. The zero-order valence-corrected chi connectivity index (χ0v) is 22.7. The fourth-order valence-electron chi connectivity index (χ4n) is 4.42. The molecule has 0 saturated heterocycles. The molecule has 0 heterocycles. The molecule has 1 saturated carbocycles. The van der Waals surface area contributed by atoms with Gasteiger partial charge in [0, 0.05) is 23.2 Å². The van der Waals surface area contributed by atoms with Crippen LogP contribution < -0.4 is 15.4 Å². The van der Waals surface area contributed by atoms with Gasteiger partial charge in [0.2, 0.25) is 5.60 Å².